The van der Waals surface area contributed by atoms with Crippen molar-refractivity contribution in [3.05, 3.63) is 58.6 Å². The van der Waals surface area contributed by atoms with Crippen LogP contribution in [0.4, 0.5) is 36.7 Å². The van der Waals surface area contributed by atoms with E-state index >= 15 is 0 Å². The van der Waals surface area contributed by atoms with Gasteiger partial charge in [0, 0.05) is 29.4 Å². The maximum absolute atomic E-state index is 12.4. The zero-order valence-corrected chi connectivity index (χ0v) is 19.3. The number of halogens is 4. The lowest BCUT2D eigenvalue weighted by atomic mass is 10.2. The molecule has 0 amide bonds. The zero-order valence-electron chi connectivity index (χ0n) is 18.5. The maximum atomic E-state index is 12.4. The van der Waals surface area contributed by atoms with Gasteiger partial charge in [0.15, 0.2) is 0 Å². The molecule has 0 aliphatic carbocycles. The average molecular weight is 508 g/mol. The van der Waals surface area contributed by atoms with E-state index in [9.17, 15) is 13.2 Å². The molecule has 4 rings (SSSR count). The molecule has 35 heavy (non-hydrogen) atoms. The summed E-state index contributed by atoms with van der Waals surface area (Å²) in [6.07, 6.45) is -3.22. The molecule has 0 radical (unpaired) electrons. The molecule has 0 unspecified atom stereocenters. The van der Waals surface area contributed by atoms with E-state index in [4.69, 9.17) is 16.3 Å². The highest BCUT2D eigenvalue weighted by Gasteiger charge is 2.31. The number of aromatic nitrogens is 3. The van der Waals surface area contributed by atoms with E-state index in [-0.39, 0.29) is 17.6 Å². The molecule has 13 heteroatoms. The van der Waals surface area contributed by atoms with Crippen molar-refractivity contribution in [2.45, 2.75) is 13.3 Å². The summed E-state index contributed by atoms with van der Waals surface area (Å²) < 4.78 is 46.5. The number of benzene rings is 2. The Balaban J connectivity index is 1.54. The van der Waals surface area contributed by atoms with E-state index in [0.29, 0.717) is 48.5 Å². The smallest absolute Gasteiger partial charge is 0.406 e. The van der Waals surface area contributed by atoms with Gasteiger partial charge >= 0.3 is 6.36 Å². The summed E-state index contributed by atoms with van der Waals surface area (Å²) in [5.74, 6) is 0.408. The third-order valence-corrected chi connectivity index (χ3v) is 5.11. The quantitative estimate of drug-likeness (QED) is 0.349. The Morgan fingerprint density at radius 2 is 1.77 bits per heavy atom. The number of ether oxygens (including phenoxy) is 2. The molecule has 2 heterocycles. The van der Waals surface area contributed by atoms with Crippen molar-refractivity contribution in [2.24, 2.45) is 5.10 Å². The number of nitrogens with one attached hydrogen (secondary N) is 2. The number of hydrogen-bond acceptors (Lipinski definition) is 9. The van der Waals surface area contributed by atoms with Gasteiger partial charge in [-0.05, 0) is 42.8 Å². The van der Waals surface area contributed by atoms with Crippen LogP contribution < -0.4 is 20.4 Å². The highest BCUT2D eigenvalue weighted by Crippen LogP contribution is 2.25. The molecule has 0 saturated carbocycles. The Labute approximate surface area is 204 Å². The van der Waals surface area contributed by atoms with E-state index in [2.05, 4.69) is 35.5 Å². The van der Waals surface area contributed by atoms with Crippen LogP contribution in [0.2, 0.25) is 5.02 Å². The van der Waals surface area contributed by atoms with Gasteiger partial charge in [0.2, 0.25) is 17.8 Å². The first-order valence-electron chi connectivity index (χ1n) is 10.5. The minimum absolute atomic E-state index is 0.167. The number of hydrogen-bond donors (Lipinski definition) is 2. The number of aryl methyl sites for hydroxylation is 1. The van der Waals surface area contributed by atoms with Gasteiger partial charge < -0.3 is 19.7 Å². The predicted octanol–water partition coefficient (Wildman–Crippen LogP) is 4.76. The fraction of sp³-hybridized carbons (Fsp3) is 0.273. The Bertz CT molecular complexity index is 1190. The molecule has 2 N–H and O–H groups in total. The largest absolute Gasteiger partial charge is 0.573 e. The first-order chi connectivity index (χ1) is 16.7. The monoisotopic (exact) mass is 507 g/mol. The number of anilines is 4. The number of hydrazone groups is 1. The number of alkyl halides is 3. The molecule has 1 aliphatic heterocycles. The number of rotatable bonds is 7. The summed E-state index contributed by atoms with van der Waals surface area (Å²) in [4.78, 5) is 15.1. The third kappa shape index (κ3) is 7.17. The molecular formula is C22H21ClF3N7O2. The molecule has 0 spiro atoms. The molecular weight excluding hydrogens is 487 g/mol. The number of nitrogens with zero attached hydrogens (tertiary/aromatic N) is 5. The molecule has 1 saturated heterocycles. The van der Waals surface area contributed by atoms with Gasteiger partial charge in [-0.25, -0.2) is 5.43 Å². The fourth-order valence-corrected chi connectivity index (χ4v) is 3.42. The van der Waals surface area contributed by atoms with Gasteiger partial charge in [0.25, 0.3) is 0 Å². The molecule has 1 fully saturated rings. The van der Waals surface area contributed by atoms with Gasteiger partial charge in [-0.15, -0.1) is 13.2 Å². The minimum Gasteiger partial charge on any atom is -0.406 e. The van der Waals surface area contributed by atoms with Gasteiger partial charge in [-0.2, -0.15) is 20.1 Å². The van der Waals surface area contributed by atoms with Crippen molar-refractivity contribution in [1.82, 2.24) is 15.0 Å². The molecule has 3 aromatic rings. The number of morpholine rings is 1. The third-order valence-electron chi connectivity index (χ3n) is 4.79. The Kier molecular flexibility index (Phi) is 7.51. The highest BCUT2D eigenvalue weighted by molar-refractivity contribution is 6.33. The topological polar surface area (TPSA) is 96.8 Å². The van der Waals surface area contributed by atoms with Gasteiger partial charge in [0.05, 0.1) is 19.4 Å². The Morgan fingerprint density at radius 3 is 2.46 bits per heavy atom. The minimum atomic E-state index is -4.76. The lowest BCUT2D eigenvalue weighted by Gasteiger charge is -2.27. The van der Waals surface area contributed by atoms with Crippen molar-refractivity contribution >= 4 is 41.3 Å². The summed E-state index contributed by atoms with van der Waals surface area (Å²) in [7, 11) is 0. The van der Waals surface area contributed by atoms with E-state index < -0.39 is 6.36 Å². The molecule has 0 bridgehead atoms. The van der Waals surface area contributed by atoms with Crippen LogP contribution in [0.3, 0.4) is 0 Å². The second-order valence-corrected chi connectivity index (χ2v) is 7.88. The lowest BCUT2D eigenvalue weighted by Crippen LogP contribution is -2.37. The van der Waals surface area contributed by atoms with Crippen molar-refractivity contribution in [3.8, 4) is 5.75 Å². The summed E-state index contributed by atoms with van der Waals surface area (Å²) in [6.45, 7) is 4.18. The maximum Gasteiger partial charge on any atom is 0.573 e. The van der Waals surface area contributed by atoms with Crippen LogP contribution in [0.5, 0.6) is 5.75 Å². The van der Waals surface area contributed by atoms with Crippen LogP contribution in [0, 0.1) is 6.92 Å². The van der Waals surface area contributed by atoms with Gasteiger partial charge in [-0.1, -0.05) is 23.7 Å². The molecule has 2 aromatic carbocycles. The first kappa shape index (κ1) is 24.5. The molecule has 1 aromatic heterocycles. The standard InChI is InChI=1S/C22H21ClF3N7O2/c1-14-2-3-15(18(23)12-14)13-27-32-20-29-19(30-21(31-20)33-8-10-34-11-9-33)28-16-4-6-17(7-5-16)35-22(24,25)26/h2-7,12-13H,8-11H2,1H3,(H2,28,29,30,31,32)/b27-13+. The summed E-state index contributed by atoms with van der Waals surface area (Å²) in [5, 5.41) is 7.70. The van der Waals surface area contributed by atoms with Crippen molar-refractivity contribution in [3.63, 3.8) is 0 Å². The second kappa shape index (κ2) is 10.7. The van der Waals surface area contributed by atoms with E-state index in [1.807, 2.05) is 30.0 Å². The normalized spacial score (nSPS) is 14.3. The van der Waals surface area contributed by atoms with Crippen LogP contribution in [0.15, 0.2) is 47.6 Å². The zero-order chi connectivity index (χ0) is 24.8. The molecule has 9 nitrogen and oxygen atoms in total. The van der Waals surface area contributed by atoms with E-state index in [1.54, 1.807) is 6.21 Å². The second-order valence-electron chi connectivity index (χ2n) is 7.47. The van der Waals surface area contributed by atoms with Gasteiger partial charge in [-0.3, -0.25) is 0 Å². The van der Waals surface area contributed by atoms with Crippen molar-refractivity contribution < 1.29 is 22.6 Å². The van der Waals surface area contributed by atoms with Crippen LogP contribution in [0.1, 0.15) is 11.1 Å². The fourth-order valence-electron chi connectivity index (χ4n) is 3.14. The van der Waals surface area contributed by atoms with Crippen LogP contribution in [-0.4, -0.2) is 53.8 Å². The lowest BCUT2D eigenvalue weighted by molar-refractivity contribution is -0.274. The Hall–Kier alpha value is -3.64. The van der Waals surface area contributed by atoms with Crippen LogP contribution in [0.25, 0.3) is 0 Å². The van der Waals surface area contributed by atoms with E-state index in [1.165, 1.54) is 24.3 Å². The van der Waals surface area contributed by atoms with Crippen LogP contribution in [-0.2, 0) is 4.74 Å². The summed E-state index contributed by atoms with van der Waals surface area (Å²) in [6, 6.07) is 10.8. The molecule has 1 aliphatic rings. The predicted molar refractivity (Wildman–Crippen MR) is 127 cm³/mol. The average Bonchev–Trinajstić information content (AvgIpc) is 2.81. The molecule has 184 valence electrons. The van der Waals surface area contributed by atoms with Crippen molar-refractivity contribution in [2.75, 3.05) is 41.9 Å². The summed E-state index contributed by atoms with van der Waals surface area (Å²) >= 11 is 6.24. The Morgan fingerprint density at radius 1 is 1.06 bits per heavy atom. The van der Waals surface area contributed by atoms with Crippen LogP contribution >= 0.6 is 11.6 Å². The van der Waals surface area contributed by atoms with Gasteiger partial charge in [0.1, 0.15) is 5.75 Å². The SMILES string of the molecule is Cc1ccc(/C=N/Nc2nc(Nc3ccc(OC(F)(F)F)cc3)nc(N3CCOCC3)n2)c(Cl)c1. The first-order valence-corrected chi connectivity index (χ1v) is 10.9. The van der Waals surface area contributed by atoms with Crippen molar-refractivity contribution in [1.29, 1.82) is 0 Å². The van der Waals surface area contributed by atoms with E-state index in [0.717, 1.165) is 5.56 Å². The molecule has 0 atom stereocenters. The summed E-state index contributed by atoms with van der Waals surface area (Å²) in [5.41, 5.74) is 4.98. The highest BCUT2D eigenvalue weighted by atomic mass is 35.5.